The van der Waals surface area contributed by atoms with Crippen LogP contribution in [0.1, 0.15) is 25.3 Å². The first kappa shape index (κ1) is 15.3. The highest BCUT2D eigenvalue weighted by Gasteiger charge is 2.07. The second-order valence-electron chi connectivity index (χ2n) is 4.10. The maximum atomic E-state index is 6.17. The Hall–Kier alpha value is -0.770. The molecule has 18 heavy (non-hydrogen) atoms. The lowest BCUT2D eigenvalue weighted by Crippen LogP contribution is -2.15. The topological polar surface area (TPSA) is 30.5 Å². The molecular weight excluding hydrogens is 250 g/mol. The van der Waals surface area contributed by atoms with Crippen LogP contribution in [0.25, 0.3) is 0 Å². The molecule has 0 radical (unpaired) electrons. The fourth-order valence-corrected chi connectivity index (χ4v) is 1.88. The third kappa shape index (κ3) is 5.25. The molecule has 0 heterocycles. The normalized spacial score (nSPS) is 10.6. The Morgan fingerprint density at radius 1 is 1.28 bits per heavy atom. The van der Waals surface area contributed by atoms with E-state index in [4.69, 9.17) is 21.1 Å². The van der Waals surface area contributed by atoms with E-state index < -0.39 is 0 Å². The van der Waals surface area contributed by atoms with Crippen molar-refractivity contribution < 1.29 is 9.47 Å². The van der Waals surface area contributed by atoms with Crippen LogP contribution in [-0.4, -0.2) is 26.9 Å². The first-order valence-electron chi connectivity index (χ1n) is 6.39. The van der Waals surface area contributed by atoms with Crippen LogP contribution >= 0.6 is 11.6 Å². The molecule has 0 aliphatic heterocycles. The standard InChI is InChI=1S/C14H22ClNO2/c1-3-8-16-11-12-6-4-7-13(15)14(12)18-10-5-9-17-2/h4,6-7,16H,3,5,8-11H2,1-2H3. The Bertz CT molecular complexity index is 345. The summed E-state index contributed by atoms with van der Waals surface area (Å²) in [7, 11) is 1.69. The molecule has 0 aliphatic rings. The maximum Gasteiger partial charge on any atom is 0.142 e. The summed E-state index contributed by atoms with van der Waals surface area (Å²) in [4.78, 5) is 0. The smallest absolute Gasteiger partial charge is 0.142 e. The van der Waals surface area contributed by atoms with Gasteiger partial charge in [0.25, 0.3) is 0 Å². The molecular formula is C14H22ClNO2. The third-order valence-electron chi connectivity index (χ3n) is 2.53. The molecule has 3 nitrogen and oxygen atoms in total. The minimum atomic E-state index is 0.623. The molecule has 0 bridgehead atoms. The number of methoxy groups -OCH3 is 1. The molecule has 1 N–H and O–H groups in total. The number of halogens is 1. The number of benzene rings is 1. The average molecular weight is 272 g/mol. The van der Waals surface area contributed by atoms with Crippen LogP contribution in [0.4, 0.5) is 0 Å². The largest absolute Gasteiger partial charge is 0.492 e. The van der Waals surface area contributed by atoms with Crippen molar-refractivity contribution in [1.29, 1.82) is 0 Å². The Kier molecular flexibility index (Phi) is 7.81. The van der Waals surface area contributed by atoms with E-state index in [1.165, 1.54) is 0 Å². The van der Waals surface area contributed by atoms with Gasteiger partial charge in [0.15, 0.2) is 0 Å². The second-order valence-corrected chi connectivity index (χ2v) is 4.51. The summed E-state index contributed by atoms with van der Waals surface area (Å²) in [5, 5.41) is 4.03. The zero-order chi connectivity index (χ0) is 13.2. The van der Waals surface area contributed by atoms with Crippen LogP contribution in [0.5, 0.6) is 5.75 Å². The van der Waals surface area contributed by atoms with Gasteiger partial charge in [0.1, 0.15) is 5.75 Å². The summed E-state index contributed by atoms with van der Waals surface area (Å²) in [6, 6.07) is 5.85. The third-order valence-corrected chi connectivity index (χ3v) is 2.83. The van der Waals surface area contributed by atoms with E-state index >= 15 is 0 Å². The van der Waals surface area contributed by atoms with E-state index in [0.717, 1.165) is 37.2 Å². The number of rotatable bonds is 9. The van der Waals surface area contributed by atoms with Crippen molar-refractivity contribution in [3.63, 3.8) is 0 Å². The molecule has 0 amide bonds. The highest BCUT2D eigenvalue weighted by atomic mass is 35.5. The van der Waals surface area contributed by atoms with E-state index in [1.54, 1.807) is 7.11 Å². The monoisotopic (exact) mass is 271 g/mol. The first-order chi connectivity index (χ1) is 8.79. The molecule has 0 fully saturated rings. The van der Waals surface area contributed by atoms with Crippen LogP contribution in [0, 0.1) is 0 Å². The van der Waals surface area contributed by atoms with Gasteiger partial charge < -0.3 is 14.8 Å². The maximum absolute atomic E-state index is 6.17. The summed E-state index contributed by atoms with van der Waals surface area (Å²) in [5.41, 5.74) is 1.10. The molecule has 0 atom stereocenters. The molecule has 1 rings (SSSR count). The quantitative estimate of drug-likeness (QED) is 0.700. The highest BCUT2D eigenvalue weighted by Crippen LogP contribution is 2.28. The fourth-order valence-electron chi connectivity index (χ4n) is 1.63. The Morgan fingerprint density at radius 2 is 2.11 bits per heavy atom. The van der Waals surface area contributed by atoms with Crippen LogP contribution in [-0.2, 0) is 11.3 Å². The van der Waals surface area contributed by atoms with Crippen LogP contribution in [0.3, 0.4) is 0 Å². The lowest BCUT2D eigenvalue weighted by molar-refractivity contribution is 0.172. The lowest BCUT2D eigenvalue weighted by atomic mass is 10.2. The zero-order valence-electron chi connectivity index (χ0n) is 11.2. The van der Waals surface area contributed by atoms with Gasteiger partial charge >= 0.3 is 0 Å². The summed E-state index contributed by atoms with van der Waals surface area (Å²) in [6.07, 6.45) is 1.98. The number of para-hydroxylation sites is 1. The van der Waals surface area contributed by atoms with Crippen molar-refractivity contribution in [2.45, 2.75) is 26.3 Å². The molecule has 0 aromatic heterocycles. The van der Waals surface area contributed by atoms with Crippen molar-refractivity contribution in [2.24, 2.45) is 0 Å². The van der Waals surface area contributed by atoms with Crippen molar-refractivity contribution >= 4 is 11.6 Å². The number of hydrogen-bond donors (Lipinski definition) is 1. The summed E-state index contributed by atoms with van der Waals surface area (Å²) in [6.45, 7) is 5.25. The molecule has 0 unspecified atom stereocenters. The molecule has 4 heteroatoms. The summed E-state index contributed by atoms with van der Waals surface area (Å²) >= 11 is 6.17. The molecule has 1 aromatic rings. The predicted molar refractivity (Wildman–Crippen MR) is 75.4 cm³/mol. The zero-order valence-corrected chi connectivity index (χ0v) is 11.9. The molecule has 0 spiro atoms. The van der Waals surface area contributed by atoms with Gasteiger partial charge in [-0.25, -0.2) is 0 Å². The minimum Gasteiger partial charge on any atom is -0.492 e. The molecule has 102 valence electrons. The molecule has 0 aliphatic carbocycles. The van der Waals surface area contributed by atoms with Gasteiger partial charge in [-0.3, -0.25) is 0 Å². The van der Waals surface area contributed by atoms with Crippen LogP contribution in [0.15, 0.2) is 18.2 Å². The molecule has 0 saturated carbocycles. The van der Waals surface area contributed by atoms with Crippen molar-refractivity contribution in [1.82, 2.24) is 5.32 Å². The van der Waals surface area contributed by atoms with Gasteiger partial charge in [0.05, 0.1) is 11.6 Å². The van der Waals surface area contributed by atoms with Gasteiger partial charge in [0, 0.05) is 32.2 Å². The van der Waals surface area contributed by atoms with E-state index in [2.05, 4.69) is 12.2 Å². The van der Waals surface area contributed by atoms with E-state index in [0.29, 0.717) is 18.2 Å². The number of ether oxygens (including phenoxy) is 2. The van der Waals surface area contributed by atoms with Crippen molar-refractivity contribution in [3.05, 3.63) is 28.8 Å². The fraction of sp³-hybridized carbons (Fsp3) is 0.571. The van der Waals surface area contributed by atoms with Gasteiger partial charge in [-0.15, -0.1) is 0 Å². The van der Waals surface area contributed by atoms with Gasteiger partial charge in [-0.05, 0) is 19.0 Å². The van der Waals surface area contributed by atoms with E-state index in [1.807, 2.05) is 18.2 Å². The average Bonchev–Trinajstić information content (AvgIpc) is 2.37. The van der Waals surface area contributed by atoms with Gasteiger partial charge in [-0.1, -0.05) is 30.7 Å². The number of hydrogen-bond acceptors (Lipinski definition) is 3. The highest BCUT2D eigenvalue weighted by molar-refractivity contribution is 6.32. The Labute approximate surface area is 114 Å². The van der Waals surface area contributed by atoms with Gasteiger partial charge in [-0.2, -0.15) is 0 Å². The minimum absolute atomic E-state index is 0.623. The Balaban J connectivity index is 2.56. The predicted octanol–water partition coefficient (Wildman–Crippen LogP) is 3.25. The second kappa shape index (κ2) is 9.20. The van der Waals surface area contributed by atoms with Crippen molar-refractivity contribution in [3.8, 4) is 5.75 Å². The SMILES string of the molecule is CCCNCc1cccc(Cl)c1OCCCOC. The molecule has 1 aromatic carbocycles. The Morgan fingerprint density at radius 3 is 2.83 bits per heavy atom. The lowest BCUT2D eigenvalue weighted by Gasteiger charge is -2.13. The summed E-state index contributed by atoms with van der Waals surface area (Å²) < 4.78 is 10.7. The number of nitrogens with one attached hydrogen (secondary N) is 1. The van der Waals surface area contributed by atoms with Gasteiger partial charge in [0.2, 0.25) is 0 Å². The van der Waals surface area contributed by atoms with E-state index in [9.17, 15) is 0 Å². The van der Waals surface area contributed by atoms with Crippen LogP contribution < -0.4 is 10.1 Å². The van der Waals surface area contributed by atoms with E-state index in [-0.39, 0.29) is 0 Å². The molecule has 0 saturated heterocycles. The first-order valence-corrected chi connectivity index (χ1v) is 6.77. The van der Waals surface area contributed by atoms with Crippen molar-refractivity contribution in [2.75, 3.05) is 26.9 Å². The summed E-state index contributed by atoms with van der Waals surface area (Å²) in [5.74, 6) is 0.791. The van der Waals surface area contributed by atoms with Crippen LogP contribution in [0.2, 0.25) is 5.02 Å².